The third-order valence-corrected chi connectivity index (χ3v) is 2.93. The molecule has 0 saturated carbocycles. The van der Waals surface area contributed by atoms with Gasteiger partial charge in [0.25, 0.3) is 0 Å². The summed E-state index contributed by atoms with van der Waals surface area (Å²) in [6.45, 7) is 2.22. The summed E-state index contributed by atoms with van der Waals surface area (Å²) in [5.74, 6) is 1.02. The molecular weight excluding hydrogens is 176 g/mol. The van der Waals surface area contributed by atoms with E-state index in [1.165, 1.54) is 12.8 Å². The molecule has 1 rings (SSSR count). The van der Waals surface area contributed by atoms with Crippen LogP contribution in [0, 0.1) is 0 Å². The Bertz CT molecular complexity index is 192. The molecule has 82 valence electrons. The molecule has 4 nitrogen and oxygen atoms in total. The van der Waals surface area contributed by atoms with E-state index in [-0.39, 0.29) is 0 Å². The molecule has 0 aromatic rings. The Morgan fingerprint density at radius 1 is 1.36 bits per heavy atom. The molecule has 0 radical (unpaired) electrons. The van der Waals surface area contributed by atoms with Crippen LogP contribution in [0.15, 0.2) is 4.99 Å². The molecule has 1 aliphatic heterocycles. The molecule has 0 aromatic heterocycles. The number of aliphatic imine (C=N–C) groups is 1. The average molecular weight is 198 g/mol. The van der Waals surface area contributed by atoms with E-state index in [4.69, 9.17) is 0 Å². The Labute approximate surface area is 87.0 Å². The van der Waals surface area contributed by atoms with E-state index in [1.54, 1.807) is 0 Å². The van der Waals surface area contributed by atoms with Crippen LogP contribution < -0.4 is 5.32 Å². The molecular formula is C10H22N4. The summed E-state index contributed by atoms with van der Waals surface area (Å²) < 4.78 is 0. The van der Waals surface area contributed by atoms with Crippen molar-refractivity contribution in [2.45, 2.75) is 18.9 Å². The number of hydrogen-bond donors (Lipinski definition) is 1. The van der Waals surface area contributed by atoms with E-state index < -0.39 is 0 Å². The Morgan fingerprint density at radius 2 is 1.93 bits per heavy atom. The van der Waals surface area contributed by atoms with Gasteiger partial charge < -0.3 is 15.1 Å². The predicted octanol–water partition coefficient (Wildman–Crippen LogP) is 0.218. The second-order valence-electron chi connectivity index (χ2n) is 3.98. The third kappa shape index (κ3) is 2.61. The quantitative estimate of drug-likeness (QED) is 0.483. The van der Waals surface area contributed by atoms with Gasteiger partial charge in [-0.25, -0.2) is 0 Å². The fourth-order valence-corrected chi connectivity index (χ4v) is 2.01. The lowest BCUT2D eigenvalue weighted by molar-refractivity contribution is 0.189. The molecule has 0 aromatic carbocycles. The Balaban J connectivity index is 2.42. The van der Waals surface area contributed by atoms with Gasteiger partial charge in [-0.2, -0.15) is 0 Å². The van der Waals surface area contributed by atoms with Gasteiger partial charge in [0.2, 0.25) is 0 Å². The summed E-state index contributed by atoms with van der Waals surface area (Å²) >= 11 is 0. The van der Waals surface area contributed by atoms with Crippen molar-refractivity contribution in [1.82, 2.24) is 15.1 Å². The smallest absolute Gasteiger partial charge is 0.193 e. The van der Waals surface area contributed by atoms with Gasteiger partial charge in [-0.1, -0.05) is 0 Å². The van der Waals surface area contributed by atoms with Crippen LogP contribution in [-0.2, 0) is 0 Å². The molecule has 0 atom stereocenters. The second kappa shape index (κ2) is 5.20. The SMILES string of the molecule is CN=C(NC)N1CCC(N(C)C)CC1. The summed E-state index contributed by atoms with van der Waals surface area (Å²) in [5, 5.41) is 3.13. The zero-order valence-corrected chi connectivity index (χ0v) is 9.75. The van der Waals surface area contributed by atoms with Gasteiger partial charge in [0.15, 0.2) is 5.96 Å². The van der Waals surface area contributed by atoms with Crippen molar-refractivity contribution in [3.05, 3.63) is 0 Å². The van der Waals surface area contributed by atoms with E-state index in [0.717, 1.165) is 25.1 Å². The number of rotatable bonds is 1. The van der Waals surface area contributed by atoms with Crippen LogP contribution in [0.1, 0.15) is 12.8 Å². The monoisotopic (exact) mass is 198 g/mol. The van der Waals surface area contributed by atoms with E-state index in [0.29, 0.717) is 0 Å². The van der Waals surface area contributed by atoms with Crippen LogP contribution in [0.4, 0.5) is 0 Å². The van der Waals surface area contributed by atoms with Gasteiger partial charge in [0.05, 0.1) is 0 Å². The van der Waals surface area contributed by atoms with Crippen LogP contribution in [-0.4, -0.2) is 63.1 Å². The number of likely N-dealkylation sites (tertiary alicyclic amines) is 1. The van der Waals surface area contributed by atoms with E-state index in [2.05, 4.69) is 34.2 Å². The minimum atomic E-state index is 0.737. The van der Waals surface area contributed by atoms with Crippen LogP contribution >= 0.6 is 0 Å². The number of hydrogen-bond acceptors (Lipinski definition) is 2. The zero-order chi connectivity index (χ0) is 10.6. The number of nitrogens with one attached hydrogen (secondary N) is 1. The second-order valence-corrected chi connectivity index (χ2v) is 3.98. The summed E-state index contributed by atoms with van der Waals surface area (Å²) in [6.07, 6.45) is 2.46. The highest BCUT2D eigenvalue weighted by atomic mass is 15.3. The van der Waals surface area contributed by atoms with Gasteiger partial charge >= 0.3 is 0 Å². The van der Waals surface area contributed by atoms with Crippen LogP contribution in [0.25, 0.3) is 0 Å². The van der Waals surface area contributed by atoms with Gasteiger partial charge in [0.1, 0.15) is 0 Å². The standard InChI is InChI=1S/C10H22N4/c1-11-10(12-2)14-7-5-9(6-8-14)13(3)4/h9H,5-8H2,1-4H3,(H,11,12). The Morgan fingerprint density at radius 3 is 2.29 bits per heavy atom. The molecule has 1 fully saturated rings. The first-order chi connectivity index (χ1) is 6.69. The molecule has 0 bridgehead atoms. The Kier molecular flexibility index (Phi) is 4.20. The largest absolute Gasteiger partial charge is 0.359 e. The Hall–Kier alpha value is -0.770. The molecule has 1 saturated heterocycles. The van der Waals surface area contributed by atoms with Crippen molar-refractivity contribution < 1.29 is 0 Å². The van der Waals surface area contributed by atoms with E-state index in [1.807, 2.05) is 14.1 Å². The fourth-order valence-electron chi connectivity index (χ4n) is 2.01. The van der Waals surface area contributed by atoms with E-state index in [9.17, 15) is 0 Å². The molecule has 1 N–H and O–H groups in total. The molecule has 0 unspecified atom stereocenters. The predicted molar refractivity (Wildman–Crippen MR) is 60.7 cm³/mol. The highest BCUT2D eigenvalue weighted by Crippen LogP contribution is 2.13. The first kappa shape index (κ1) is 11.3. The number of piperidine rings is 1. The lowest BCUT2D eigenvalue weighted by atomic mass is 10.0. The van der Waals surface area contributed by atoms with Crippen LogP contribution in [0.3, 0.4) is 0 Å². The van der Waals surface area contributed by atoms with Crippen molar-refractivity contribution in [2.75, 3.05) is 41.3 Å². The summed E-state index contributed by atoms with van der Waals surface area (Å²) in [4.78, 5) is 8.86. The van der Waals surface area contributed by atoms with Gasteiger partial charge in [-0.3, -0.25) is 4.99 Å². The topological polar surface area (TPSA) is 30.9 Å². The van der Waals surface area contributed by atoms with Gasteiger partial charge in [0, 0.05) is 33.2 Å². The van der Waals surface area contributed by atoms with Crippen molar-refractivity contribution in [3.8, 4) is 0 Å². The summed E-state index contributed by atoms with van der Waals surface area (Å²) in [7, 11) is 8.09. The van der Waals surface area contributed by atoms with E-state index >= 15 is 0 Å². The van der Waals surface area contributed by atoms with Crippen molar-refractivity contribution in [2.24, 2.45) is 4.99 Å². The fraction of sp³-hybridized carbons (Fsp3) is 0.900. The number of nitrogens with zero attached hydrogens (tertiary/aromatic N) is 3. The van der Waals surface area contributed by atoms with Gasteiger partial charge in [-0.15, -0.1) is 0 Å². The molecule has 1 aliphatic rings. The van der Waals surface area contributed by atoms with Crippen LogP contribution in [0.2, 0.25) is 0 Å². The maximum atomic E-state index is 4.22. The average Bonchev–Trinajstić information content (AvgIpc) is 2.20. The molecule has 14 heavy (non-hydrogen) atoms. The lowest BCUT2D eigenvalue weighted by Gasteiger charge is -2.36. The normalized spacial score (nSPS) is 20.4. The van der Waals surface area contributed by atoms with Crippen LogP contribution in [0.5, 0.6) is 0 Å². The maximum Gasteiger partial charge on any atom is 0.193 e. The lowest BCUT2D eigenvalue weighted by Crippen LogP contribution is -2.48. The first-order valence-electron chi connectivity index (χ1n) is 5.25. The first-order valence-corrected chi connectivity index (χ1v) is 5.25. The highest BCUT2D eigenvalue weighted by Gasteiger charge is 2.21. The molecule has 0 spiro atoms. The number of guanidine groups is 1. The van der Waals surface area contributed by atoms with Gasteiger partial charge in [-0.05, 0) is 26.9 Å². The highest BCUT2D eigenvalue weighted by molar-refractivity contribution is 5.79. The summed E-state index contributed by atoms with van der Waals surface area (Å²) in [6, 6.07) is 0.737. The van der Waals surface area contributed by atoms with Crippen molar-refractivity contribution >= 4 is 5.96 Å². The molecule has 0 aliphatic carbocycles. The third-order valence-electron chi connectivity index (χ3n) is 2.93. The minimum Gasteiger partial charge on any atom is -0.359 e. The van der Waals surface area contributed by atoms with Crippen molar-refractivity contribution in [1.29, 1.82) is 0 Å². The minimum absolute atomic E-state index is 0.737. The maximum absolute atomic E-state index is 4.22. The zero-order valence-electron chi connectivity index (χ0n) is 9.75. The summed E-state index contributed by atoms with van der Waals surface area (Å²) in [5.41, 5.74) is 0. The molecule has 1 heterocycles. The molecule has 4 heteroatoms. The van der Waals surface area contributed by atoms with Crippen molar-refractivity contribution in [3.63, 3.8) is 0 Å². The molecule has 0 amide bonds.